The molecule has 1 N–H and O–H groups in total. The molecule has 4 heteroatoms. The van der Waals surface area contributed by atoms with Crippen LogP contribution in [0.4, 0.5) is 14.5 Å². The minimum Gasteiger partial charge on any atom is -0.370 e. The van der Waals surface area contributed by atoms with Crippen LogP contribution in [0.3, 0.4) is 0 Å². The van der Waals surface area contributed by atoms with Gasteiger partial charge in [-0.05, 0) is 24.1 Å². The van der Waals surface area contributed by atoms with Crippen LogP contribution < -0.4 is 10.2 Å². The fourth-order valence-corrected chi connectivity index (χ4v) is 2.12. The summed E-state index contributed by atoms with van der Waals surface area (Å²) >= 11 is 0. The maximum absolute atomic E-state index is 14.1. The van der Waals surface area contributed by atoms with E-state index in [1.165, 1.54) is 12.1 Å². The van der Waals surface area contributed by atoms with Gasteiger partial charge in [-0.3, -0.25) is 0 Å². The molecule has 0 bridgehead atoms. The van der Waals surface area contributed by atoms with Crippen LogP contribution in [0.2, 0.25) is 0 Å². The van der Waals surface area contributed by atoms with Gasteiger partial charge in [0.25, 0.3) is 0 Å². The smallest absolute Gasteiger partial charge is 0.149 e. The van der Waals surface area contributed by atoms with Gasteiger partial charge in [0, 0.05) is 26.2 Å². The van der Waals surface area contributed by atoms with E-state index in [1.54, 1.807) is 11.9 Å². The summed E-state index contributed by atoms with van der Waals surface area (Å²) in [7, 11) is 1.74. The van der Waals surface area contributed by atoms with Gasteiger partial charge in [-0.15, -0.1) is 0 Å². The van der Waals surface area contributed by atoms with E-state index in [0.29, 0.717) is 18.7 Å². The molecule has 0 fully saturated rings. The van der Waals surface area contributed by atoms with Crippen molar-refractivity contribution in [2.75, 3.05) is 18.5 Å². The highest BCUT2D eigenvalue weighted by atomic mass is 19.1. The molecule has 1 aromatic rings. The summed E-state index contributed by atoms with van der Waals surface area (Å²) in [4.78, 5) is 1.67. The largest absolute Gasteiger partial charge is 0.370 e. The fourth-order valence-electron chi connectivity index (χ4n) is 2.12. The lowest BCUT2D eigenvalue weighted by Gasteiger charge is -2.21. The third kappa shape index (κ3) is 5.08. The van der Waals surface area contributed by atoms with Gasteiger partial charge in [0.2, 0.25) is 0 Å². The van der Waals surface area contributed by atoms with Crippen molar-refractivity contribution in [1.29, 1.82) is 0 Å². The molecule has 0 saturated heterocycles. The Bertz CT molecular complexity index is 396. The molecule has 0 aliphatic heterocycles. The van der Waals surface area contributed by atoms with Crippen molar-refractivity contribution >= 4 is 5.69 Å². The summed E-state index contributed by atoms with van der Waals surface area (Å²) in [5.41, 5.74) is 0.716. The number of benzene rings is 1. The molecule has 0 atom stereocenters. The fraction of sp³-hybridized carbons (Fsp3) is 0.625. The lowest BCUT2D eigenvalue weighted by molar-refractivity contribution is 0.555. The van der Waals surface area contributed by atoms with E-state index in [0.717, 1.165) is 19.3 Å². The molecule has 0 heterocycles. The highest BCUT2D eigenvalue weighted by Crippen LogP contribution is 2.24. The molecule has 0 radical (unpaired) electrons. The van der Waals surface area contributed by atoms with Crippen LogP contribution in [0.1, 0.15) is 45.6 Å². The molecule has 2 nitrogen and oxygen atoms in total. The Balaban J connectivity index is 2.77. The predicted octanol–water partition coefficient (Wildman–Crippen LogP) is 4.09. The molecule has 1 aromatic carbocycles. The van der Waals surface area contributed by atoms with Crippen molar-refractivity contribution in [3.8, 4) is 0 Å². The Labute approximate surface area is 121 Å². The van der Waals surface area contributed by atoms with E-state index in [4.69, 9.17) is 0 Å². The second-order valence-corrected chi connectivity index (χ2v) is 5.57. The minimum absolute atomic E-state index is 0.0781. The van der Waals surface area contributed by atoms with Crippen LogP contribution in [0, 0.1) is 11.6 Å². The zero-order valence-electron chi connectivity index (χ0n) is 13.0. The van der Waals surface area contributed by atoms with Gasteiger partial charge in [-0.25, -0.2) is 8.78 Å². The van der Waals surface area contributed by atoms with Gasteiger partial charge in [0.05, 0.1) is 0 Å². The number of nitrogens with zero attached hydrogens (tertiary/aromatic N) is 1. The van der Waals surface area contributed by atoms with Crippen LogP contribution in [-0.2, 0) is 6.54 Å². The molecule has 1 rings (SSSR count). The summed E-state index contributed by atoms with van der Waals surface area (Å²) in [6.45, 7) is 7.26. The van der Waals surface area contributed by atoms with Crippen LogP contribution in [-0.4, -0.2) is 19.6 Å². The van der Waals surface area contributed by atoms with Gasteiger partial charge in [0.1, 0.15) is 17.3 Å². The monoisotopic (exact) mass is 284 g/mol. The number of nitrogens with one attached hydrogen (secondary N) is 1. The third-order valence-corrected chi connectivity index (χ3v) is 3.27. The minimum atomic E-state index is -0.482. The van der Waals surface area contributed by atoms with E-state index >= 15 is 0 Å². The topological polar surface area (TPSA) is 15.3 Å². The molecule has 0 aliphatic carbocycles. The molecule has 0 aliphatic rings. The average molecular weight is 284 g/mol. The molecular weight excluding hydrogens is 258 g/mol. The SMILES string of the molecule is CCCCCN(C)c1c(F)cc(CNC(C)C)cc1F. The number of rotatable bonds is 8. The van der Waals surface area contributed by atoms with Crippen LogP contribution in [0.25, 0.3) is 0 Å². The Kier molecular flexibility index (Phi) is 6.93. The van der Waals surface area contributed by atoms with Crippen LogP contribution in [0.15, 0.2) is 12.1 Å². The molecule has 114 valence electrons. The predicted molar refractivity (Wildman–Crippen MR) is 81.1 cm³/mol. The molecule has 0 unspecified atom stereocenters. The van der Waals surface area contributed by atoms with E-state index in [1.807, 2.05) is 13.8 Å². The van der Waals surface area contributed by atoms with Crippen molar-refractivity contribution in [3.05, 3.63) is 29.3 Å². The number of hydrogen-bond donors (Lipinski definition) is 1. The maximum Gasteiger partial charge on any atom is 0.149 e. The lowest BCUT2D eigenvalue weighted by Crippen LogP contribution is -2.23. The van der Waals surface area contributed by atoms with Gasteiger partial charge in [-0.1, -0.05) is 33.6 Å². The first-order chi connectivity index (χ1) is 9.45. The Morgan fingerprint density at radius 3 is 2.25 bits per heavy atom. The molecule has 0 amide bonds. The normalized spacial score (nSPS) is 11.2. The summed E-state index contributed by atoms with van der Waals surface area (Å²) in [5, 5.41) is 3.16. The van der Waals surface area contributed by atoms with Crippen molar-refractivity contribution in [2.24, 2.45) is 0 Å². The lowest BCUT2D eigenvalue weighted by atomic mass is 10.1. The van der Waals surface area contributed by atoms with Crippen LogP contribution >= 0.6 is 0 Å². The standard InChI is InChI=1S/C16H26F2N2/c1-5-6-7-8-20(4)16-14(17)9-13(10-15(16)18)11-19-12(2)3/h9-10,12,19H,5-8,11H2,1-4H3. The van der Waals surface area contributed by atoms with Gasteiger partial charge >= 0.3 is 0 Å². The second kappa shape index (κ2) is 8.20. The van der Waals surface area contributed by atoms with E-state index in [2.05, 4.69) is 12.2 Å². The third-order valence-electron chi connectivity index (χ3n) is 3.27. The maximum atomic E-state index is 14.1. The zero-order chi connectivity index (χ0) is 15.1. The number of hydrogen-bond acceptors (Lipinski definition) is 2. The van der Waals surface area contributed by atoms with Crippen molar-refractivity contribution in [2.45, 2.75) is 52.6 Å². The van der Waals surface area contributed by atoms with E-state index in [9.17, 15) is 8.78 Å². The van der Waals surface area contributed by atoms with E-state index < -0.39 is 11.6 Å². The average Bonchev–Trinajstić information content (AvgIpc) is 2.36. The Hall–Kier alpha value is -1.16. The molecular formula is C16H26F2N2. The first kappa shape index (κ1) is 16.9. The quantitative estimate of drug-likeness (QED) is 0.723. The number of anilines is 1. The number of unbranched alkanes of at least 4 members (excludes halogenated alkanes) is 2. The summed E-state index contributed by atoms with van der Waals surface area (Å²) in [6.07, 6.45) is 3.12. The Morgan fingerprint density at radius 1 is 1.15 bits per heavy atom. The summed E-state index contributed by atoms with van der Waals surface area (Å²) in [5.74, 6) is -0.964. The molecule has 0 aromatic heterocycles. The highest BCUT2D eigenvalue weighted by Gasteiger charge is 2.15. The van der Waals surface area contributed by atoms with Crippen molar-refractivity contribution < 1.29 is 8.78 Å². The first-order valence-electron chi connectivity index (χ1n) is 7.38. The van der Waals surface area contributed by atoms with Crippen LogP contribution in [0.5, 0.6) is 0 Å². The van der Waals surface area contributed by atoms with Crippen molar-refractivity contribution in [3.63, 3.8) is 0 Å². The Morgan fingerprint density at radius 2 is 1.75 bits per heavy atom. The summed E-state index contributed by atoms with van der Waals surface area (Å²) in [6, 6.07) is 3.13. The molecule has 20 heavy (non-hydrogen) atoms. The second-order valence-electron chi connectivity index (χ2n) is 5.57. The van der Waals surface area contributed by atoms with Gasteiger partial charge in [0.15, 0.2) is 0 Å². The number of halogens is 2. The van der Waals surface area contributed by atoms with Gasteiger partial charge < -0.3 is 10.2 Å². The molecule has 0 saturated carbocycles. The molecule has 0 spiro atoms. The van der Waals surface area contributed by atoms with Crippen molar-refractivity contribution in [1.82, 2.24) is 5.32 Å². The first-order valence-corrected chi connectivity index (χ1v) is 7.38. The van der Waals surface area contributed by atoms with Gasteiger partial charge in [-0.2, -0.15) is 0 Å². The highest BCUT2D eigenvalue weighted by molar-refractivity contribution is 5.50. The zero-order valence-corrected chi connectivity index (χ0v) is 13.0. The van der Waals surface area contributed by atoms with E-state index in [-0.39, 0.29) is 11.7 Å². The summed E-state index contributed by atoms with van der Waals surface area (Å²) < 4.78 is 28.2.